The summed E-state index contributed by atoms with van der Waals surface area (Å²) in [6.45, 7) is 2.96. The van der Waals surface area contributed by atoms with Gasteiger partial charge in [0, 0.05) is 12.4 Å². The van der Waals surface area contributed by atoms with Gasteiger partial charge in [0.1, 0.15) is 0 Å². The highest BCUT2D eigenvalue weighted by atomic mass is 14.7. The van der Waals surface area contributed by atoms with E-state index >= 15 is 0 Å². The van der Waals surface area contributed by atoms with Crippen molar-refractivity contribution in [1.82, 2.24) is 4.98 Å². The van der Waals surface area contributed by atoms with Crippen LogP contribution in [0.5, 0.6) is 0 Å². The largest absolute Gasteiger partial charge is 0.330 e. The lowest BCUT2D eigenvalue weighted by Gasteiger charge is -2.02. The molecule has 0 aromatic carbocycles. The van der Waals surface area contributed by atoms with Gasteiger partial charge in [-0.3, -0.25) is 4.98 Å². The van der Waals surface area contributed by atoms with Crippen molar-refractivity contribution in [2.75, 3.05) is 6.54 Å². The van der Waals surface area contributed by atoms with E-state index in [1.807, 2.05) is 12.4 Å². The molecule has 1 aromatic heterocycles. The fourth-order valence-electron chi connectivity index (χ4n) is 1.75. The van der Waals surface area contributed by atoms with Crippen LogP contribution in [-0.2, 0) is 0 Å². The summed E-state index contributed by atoms with van der Waals surface area (Å²) in [4.78, 5) is 4.13. The van der Waals surface area contributed by atoms with Crippen molar-refractivity contribution in [1.29, 1.82) is 0 Å². The van der Waals surface area contributed by atoms with E-state index in [1.54, 1.807) is 0 Å². The Morgan fingerprint density at radius 1 is 1.67 bits per heavy atom. The van der Waals surface area contributed by atoms with Gasteiger partial charge in [0.05, 0.1) is 0 Å². The lowest BCUT2D eigenvalue weighted by atomic mass is 10.1. The molecule has 1 aliphatic carbocycles. The average Bonchev–Trinajstić information content (AvgIpc) is 2.84. The van der Waals surface area contributed by atoms with Crippen LogP contribution in [0.3, 0.4) is 0 Å². The van der Waals surface area contributed by atoms with Crippen LogP contribution < -0.4 is 5.73 Å². The zero-order chi connectivity index (χ0) is 8.55. The van der Waals surface area contributed by atoms with Crippen molar-refractivity contribution in [3.05, 3.63) is 29.6 Å². The molecule has 1 saturated carbocycles. The fraction of sp³-hybridized carbons (Fsp3) is 0.500. The van der Waals surface area contributed by atoms with Gasteiger partial charge in [-0.05, 0) is 48.9 Å². The molecular weight excluding hydrogens is 148 g/mol. The van der Waals surface area contributed by atoms with Crippen molar-refractivity contribution in [2.45, 2.75) is 19.3 Å². The first kappa shape index (κ1) is 7.74. The first-order chi connectivity index (χ1) is 5.83. The minimum atomic E-state index is 0.698. The summed E-state index contributed by atoms with van der Waals surface area (Å²) in [6, 6.07) is 2.07. The number of nitrogens with two attached hydrogens (primary N) is 1. The minimum Gasteiger partial charge on any atom is -0.330 e. The Balaban J connectivity index is 2.19. The molecule has 1 aliphatic rings. The van der Waals surface area contributed by atoms with Crippen LogP contribution in [0.1, 0.15) is 23.5 Å². The van der Waals surface area contributed by atoms with E-state index in [4.69, 9.17) is 5.73 Å². The SMILES string of the molecule is Cc1ccncc1C1CC1CN. The molecule has 12 heavy (non-hydrogen) atoms. The van der Waals surface area contributed by atoms with Crippen LogP contribution in [0.25, 0.3) is 0 Å². The summed E-state index contributed by atoms with van der Waals surface area (Å²) in [6.07, 6.45) is 5.08. The summed E-state index contributed by atoms with van der Waals surface area (Å²) in [7, 11) is 0. The lowest BCUT2D eigenvalue weighted by molar-refractivity contribution is 0.805. The molecule has 0 aliphatic heterocycles. The molecule has 0 bridgehead atoms. The number of rotatable bonds is 2. The molecule has 2 rings (SSSR count). The zero-order valence-electron chi connectivity index (χ0n) is 7.33. The topological polar surface area (TPSA) is 38.9 Å². The number of aromatic nitrogens is 1. The van der Waals surface area contributed by atoms with E-state index < -0.39 is 0 Å². The summed E-state index contributed by atoms with van der Waals surface area (Å²) in [5, 5.41) is 0. The monoisotopic (exact) mass is 162 g/mol. The number of nitrogens with zero attached hydrogens (tertiary/aromatic N) is 1. The second-order valence-electron chi connectivity index (χ2n) is 3.57. The van der Waals surface area contributed by atoms with Crippen molar-refractivity contribution in [2.24, 2.45) is 11.7 Å². The molecule has 2 heteroatoms. The lowest BCUT2D eigenvalue weighted by Crippen LogP contribution is -2.02. The van der Waals surface area contributed by atoms with E-state index in [9.17, 15) is 0 Å². The first-order valence-corrected chi connectivity index (χ1v) is 4.43. The highest BCUT2D eigenvalue weighted by Gasteiger charge is 2.37. The second kappa shape index (κ2) is 2.87. The van der Waals surface area contributed by atoms with Crippen LogP contribution in [0, 0.1) is 12.8 Å². The van der Waals surface area contributed by atoms with Gasteiger partial charge in [-0.1, -0.05) is 0 Å². The van der Waals surface area contributed by atoms with Crippen LogP contribution in [-0.4, -0.2) is 11.5 Å². The van der Waals surface area contributed by atoms with Gasteiger partial charge in [0.25, 0.3) is 0 Å². The molecule has 1 aromatic rings. The number of hydrogen-bond acceptors (Lipinski definition) is 2. The first-order valence-electron chi connectivity index (χ1n) is 4.43. The molecule has 2 atom stereocenters. The Morgan fingerprint density at radius 3 is 3.08 bits per heavy atom. The van der Waals surface area contributed by atoms with Gasteiger partial charge in [-0.15, -0.1) is 0 Å². The van der Waals surface area contributed by atoms with Crippen molar-refractivity contribution in [3.8, 4) is 0 Å². The van der Waals surface area contributed by atoms with Crippen molar-refractivity contribution < 1.29 is 0 Å². The molecule has 1 fully saturated rings. The minimum absolute atomic E-state index is 0.698. The highest BCUT2D eigenvalue weighted by molar-refractivity contribution is 5.30. The Morgan fingerprint density at radius 2 is 2.50 bits per heavy atom. The van der Waals surface area contributed by atoms with Gasteiger partial charge in [0.15, 0.2) is 0 Å². The summed E-state index contributed by atoms with van der Waals surface area (Å²) in [5.74, 6) is 1.41. The number of hydrogen-bond donors (Lipinski definition) is 1. The second-order valence-corrected chi connectivity index (χ2v) is 3.57. The molecule has 64 valence electrons. The van der Waals surface area contributed by atoms with E-state index in [0.717, 1.165) is 6.54 Å². The maximum absolute atomic E-state index is 5.59. The van der Waals surface area contributed by atoms with Crippen molar-refractivity contribution in [3.63, 3.8) is 0 Å². The summed E-state index contributed by atoms with van der Waals surface area (Å²) >= 11 is 0. The van der Waals surface area contributed by atoms with E-state index in [2.05, 4.69) is 18.0 Å². The fourth-order valence-corrected chi connectivity index (χ4v) is 1.75. The Kier molecular flexibility index (Phi) is 1.85. The number of pyridine rings is 1. The smallest absolute Gasteiger partial charge is 0.0305 e. The third kappa shape index (κ3) is 1.23. The predicted octanol–water partition coefficient (Wildman–Crippen LogP) is 1.45. The third-order valence-corrected chi connectivity index (χ3v) is 2.70. The van der Waals surface area contributed by atoms with Gasteiger partial charge >= 0.3 is 0 Å². The average molecular weight is 162 g/mol. The van der Waals surface area contributed by atoms with E-state index in [1.165, 1.54) is 17.5 Å². The van der Waals surface area contributed by atoms with Gasteiger partial charge in [-0.2, -0.15) is 0 Å². The molecule has 2 N–H and O–H groups in total. The third-order valence-electron chi connectivity index (χ3n) is 2.70. The van der Waals surface area contributed by atoms with Crippen LogP contribution in [0.15, 0.2) is 18.5 Å². The molecule has 0 radical (unpaired) electrons. The predicted molar refractivity (Wildman–Crippen MR) is 48.9 cm³/mol. The van der Waals surface area contributed by atoms with Gasteiger partial charge < -0.3 is 5.73 Å². The zero-order valence-corrected chi connectivity index (χ0v) is 7.33. The Labute approximate surface area is 72.8 Å². The van der Waals surface area contributed by atoms with Gasteiger partial charge in [-0.25, -0.2) is 0 Å². The number of aryl methyl sites for hydroxylation is 1. The standard InChI is InChI=1S/C10H14N2/c1-7-2-3-12-6-10(7)9-4-8(9)5-11/h2-3,6,8-9H,4-5,11H2,1H3. The van der Waals surface area contributed by atoms with Crippen LogP contribution >= 0.6 is 0 Å². The molecule has 1 heterocycles. The summed E-state index contributed by atoms with van der Waals surface area (Å²) in [5.41, 5.74) is 8.34. The molecular formula is C10H14N2. The maximum atomic E-state index is 5.59. The molecule has 0 spiro atoms. The summed E-state index contributed by atoms with van der Waals surface area (Å²) < 4.78 is 0. The molecule has 2 nitrogen and oxygen atoms in total. The molecule has 2 unspecified atom stereocenters. The highest BCUT2D eigenvalue weighted by Crippen LogP contribution is 2.47. The van der Waals surface area contributed by atoms with E-state index in [-0.39, 0.29) is 0 Å². The Hall–Kier alpha value is -0.890. The molecule has 0 saturated heterocycles. The Bertz CT molecular complexity index is 283. The quantitative estimate of drug-likeness (QED) is 0.715. The van der Waals surface area contributed by atoms with Crippen LogP contribution in [0.4, 0.5) is 0 Å². The van der Waals surface area contributed by atoms with Crippen LogP contribution in [0.2, 0.25) is 0 Å². The van der Waals surface area contributed by atoms with Gasteiger partial charge in [0.2, 0.25) is 0 Å². The van der Waals surface area contributed by atoms with Crippen molar-refractivity contribution >= 4 is 0 Å². The maximum Gasteiger partial charge on any atom is 0.0305 e. The van der Waals surface area contributed by atoms with E-state index in [0.29, 0.717) is 11.8 Å². The normalized spacial score (nSPS) is 27.2. The molecule has 0 amide bonds.